The second kappa shape index (κ2) is 5.09. The van der Waals surface area contributed by atoms with Crippen LogP contribution in [0.2, 0.25) is 0 Å². The van der Waals surface area contributed by atoms with Crippen molar-refractivity contribution >= 4 is 11.9 Å². The largest absolute Gasteiger partial charge is 0.481 e. The number of hydrogen-bond donors (Lipinski definition) is 3. The minimum Gasteiger partial charge on any atom is -0.481 e. The minimum absolute atomic E-state index is 0.256. The highest BCUT2D eigenvalue weighted by Gasteiger charge is 2.27. The third kappa shape index (κ3) is 3.49. The van der Waals surface area contributed by atoms with E-state index in [0.717, 1.165) is 6.42 Å². The zero-order chi connectivity index (χ0) is 11.4. The van der Waals surface area contributed by atoms with Crippen LogP contribution in [0.15, 0.2) is 0 Å². The van der Waals surface area contributed by atoms with Crippen LogP contribution in [0.4, 0.5) is 0 Å². The van der Waals surface area contributed by atoms with Crippen molar-refractivity contribution in [1.82, 2.24) is 4.90 Å². The maximum atomic E-state index is 11.6. The van der Waals surface area contributed by atoms with Crippen molar-refractivity contribution in [3.63, 3.8) is 0 Å². The number of carboxylic acid groups (broad SMARTS) is 1. The van der Waals surface area contributed by atoms with E-state index in [2.05, 4.69) is 0 Å². The number of aliphatic carboxylic acids is 1. The Morgan fingerprint density at radius 2 is 2.20 bits per heavy atom. The molecule has 0 aromatic carbocycles. The monoisotopic (exact) mass is 216 g/mol. The van der Waals surface area contributed by atoms with E-state index in [9.17, 15) is 14.7 Å². The summed E-state index contributed by atoms with van der Waals surface area (Å²) in [6.07, 6.45) is 0.524. The van der Waals surface area contributed by atoms with Crippen LogP contribution in [-0.4, -0.2) is 52.2 Å². The highest BCUT2D eigenvalue weighted by Crippen LogP contribution is 2.11. The van der Waals surface area contributed by atoms with Gasteiger partial charge >= 0.3 is 5.97 Å². The van der Waals surface area contributed by atoms with Gasteiger partial charge in [-0.15, -0.1) is 0 Å². The predicted molar refractivity (Wildman–Crippen MR) is 52.0 cm³/mol. The van der Waals surface area contributed by atoms with Crippen molar-refractivity contribution in [3.05, 3.63) is 0 Å². The fourth-order valence-electron chi connectivity index (χ4n) is 1.66. The lowest BCUT2D eigenvalue weighted by Crippen LogP contribution is -2.49. The molecule has 4 N–H and O–H groups in total. The van der Waals surface area contributed by atoms with Crippen LogP contribution in [0.5, 0.6) is 0 Å². The molecule has 1 fully saturated rings. The Kier molecular flexibility index (Phi) is 4.05. The molecule has 0 aliphatic carbocycles. The molecule has 86 valence electrons. The predicted octanol–water partition coefficient (Wildman–Crippen LogP) is -1.23. The third-order valence-electron chi connectivity index (χ3n) is 2.42. The van der Waals surface area contributed by atoms with E-state index in [1.165, 1.54) is 4.90 Å². The maximum Gasteiger partial charge on any atom is 0.305 e. The molecular weight excluding hydrogens is 200 g/mol. The number of carboxylic acids is 1. The number of aliphatic hydroxyl groups excluding tert-OH is 1. The van der Waals surface area contributed by atoms with E-state index in [1.807, 2.05) is 0 Å². The molecular formula is C9H16N2O4. The van der Waals surface area contributed by atoms with Crippen molar-refractivity contribution in [2.75, 3.05) is 13.1 Å². The number of amides is 1. The molecule has 0 bridgehead atoms. The number of nitrogens with two attached hydrogens (primary N) is 1. The Hall–Kier alpha value is -1.14. The number of piperidine rings is 1. The van der Waals surface area contributed by atoms with E-state index in [-0.39, 0.29) is 13.0 Å². The summed E-state index contributed by atoms with van der Waals surface area (Å²) in [5.41, 5.74) is 5.44. The van der Waals surface area contributed by atoms with Crippen molar-refractivity contribution in [1.29, 1.82) is 0 Å². The molecule has 1 saturated heterocycles. The molecule has 6 nitrogen and oxygen atoms in total. The van der Waals surface area contributed by atoms with Crippen molar-refractivity contribution < 1.29 is 19.8 Å². The van der Waals surface area contributed by atoms with Crippen molar-refractivity contribution in [3.8, 4) is 0 Å². The Bertz CT molecular complexity index is 256. The molecule has 1 unspecified atom stereocenters. The van der Waals surface area contributed by atoms with Crippen LogP contribution in [0.25, 0.3) is 0 Å². The molecule has 0 spiro atoms. The van der Waals surface area contributed by atoms with Gasteiger partial charge in [0.05, 0.1) is 18.6 Å². The topological polar surface area (TPSA) is 104 Å². The lowest BCUT2D eigenvalue weighted by atomic mass is 10.1. The molecule has 0 radical (unpaired) electrons. The van der Waals surface area contributed by atoms with Crippen LogP contribution < -0.4 is 5.73 Å². The molecule has 1 aliphatic heterocycles. The lowest BCUT2D eigenvalue weighted by Gasteiger charge is -2.31. The first-order valence-corrected chi connectivity index (χ1v) is 4.95. The maximum absolute atomic E-state index is 11.6. The van der Waals surface area contributed by atoms with Crippen molar-refractivity contribution in [2.45, 2.75) is 31.4 Å². The summed E-state index contributed by atoms with van der Waals surface area (Å²) in [5.74, 6) is -1.48. The summed E-state index contributed by atoms with van der Waals surface area (Å²) in [7, 11) is 0. The van der Waals surface area contributed by atoms with Gasteiger partial charge in [0, 0.05) is 13.1 Å². The smallest absolute Gasteiger partial charge is 0.305 e. The van der Waals surface area contributed by atoms with Gasteiger partial charge in [-0.05, 0) is 12.8 Å². The average molecular weight is 216 g/mol. The molecule has 15 heavy (non-hydrogen) atoms. The first-order chi connectivity index (χ1) is 7.00. The molecule has 1 aliphatic rings. The standard InChI is InChI=1S/C9H16N2O4/c10-7(4-8(13)14)9(15)11-3-1-2-6(12)5-11/h6-7,12H,1-5,10H2,(H,13,14)/t6-,7?/m0/s1. The zero-order valence-electron chi connectivity index (χ0n) is 8.43. The van der Waals surface area contributed by atoms with Gasteiger partial charge in [0.15, 0.2) is 0 Å². The number of hydrogen-bond acceptors (Lipinski definition) is 4. The molecule has 6 heteroatoms. The fourth-order valence-corrected chi connectivity index (χ4v) is 1.66. The summed E-state index contributed by atoms with van der Waals surface area (Å²) in [6, 6.07) is -1.01. The second-order valence-electron chi connectivity index (χ2n) is 3.78. The number of nitrogens with zero attached hydrogens (tertiary/aromatic N) is 1. The minimum atomic E-state index is -1.09. The van der Waals surface area contributed by atoms with E-state index < -0.39 is 24.0 Å². The van der Waals surface area contributed by atoms with Crippen LogP contribution in [-0.2, 0) is 9.59 Å². The number of carbonyl (C=O) groups is 2. The number of carbonyl (C=O) groups excluding carboxylic acids is 1. The van der Waals surface area contributed by atoms with E-state index >= 15 is 0 Å². The number of likely N-dealkylation sites (tertiary alicyclic amines) is 1. The van der Waals surface area contributed by atoms with Gasteiger partial charge in [0.25, 0.3) is 0 Å². The van der Waals surface area contributed by atoms with E-state index in [4.69, 9.17) is 10.8 Å². The van der Waals surface area contributed by atoms with Gasteiger partial charge in [0.1, 0.15) is 0 Å². The Balaban J connectivity index is 2.47. The third-order valence-corrected chi connectivity index (χ3v) is 2.42. The Labute approximate surface area is 87.7 Å². The summed E-state index contributed by atoms with van der Waals surface area (Å²) in [5, 5.41) is 17.8. The van der Waals surface area contributed by atoms with Gasteiger partial charge in [-0.2, -0.15) is 0 Å². The van der Waals surface area contributed by atoms with E-state index in [1.54, 1.807) is 0 Å². The summed E-state index contributed by atoms with van der Waals surface area (Å²) < 4.78 is 0. The fraction of sp³-hybridized carbons (Fsp3) is 0.778. The normalized spacial score (nSPS) is 23.6. The molecule has 0 aromatic rings. The molecule has 0 aromatic heterocycles. The second-order valence-corrected chi connectivity index (χ2v) is 3.78. The van der Waals surface area contributed by atoms with Gasteiger partial charge in [-0.1, -0.05) is 0 Å². The molecule has 0 saturated carbocycles. The molecule has 1 heterocycles. The first-order valence-electron chi connectivity index (χ1n) is 4.95. The Morgan fingerprint density at radius 1 is 1.53 bits per heavy atom. The average Bonchev–Trinajstić information content (AvgIpc) is 2.15. The molecule has 2 atom stereocenters. The van der Waals surface area contributed by atoms with Crippen LogP contribution in [0.3, 0.4) is 0 Å². The highest BCUT2D eigenvalue weighted by molar-refractivity contribution is 5.86. The number of aliphatic hydroxyl groups is 1. The SMILES string of the molecule is NC(CC(=O)O)C(=O)N1CCC[C@H](O)C1. The number of β-amino-alcohol motifs (C(OH)–C–C–N with tert-alkyl or cyclic N) is 1. The van der Waals surface area contributed by atoms with E-state index in [0.29, 0.717) is 13.0 Å². The quantitative estimate of drug-likeness (QED) is 0.548. The van der Waals surface area contributed by atoms with Crippen LogP contribution in [0.1, 0.15) is 19.3 Å². The summed E-state index contributed by atoms with van der Waals surface area (Å²) in [4.78, 5) is 23.4. The van der Waals surface area contributed by atoms with Crippen LogP contribution >= 0.6 is 0 Å². The van der Waals surface area contributed by atoms with Gasteiger partial charge in [-0.25, -0.2) is 0 Å². The van der Waals surface area contributed by atoms with Gasteiger partial charge in [-0.3, -0.25) is 9.59 Å². The number of rotatable bonds is 3. The first kappa shape index (κ1) is 11.9. The highest BCUT2D eigenvalue weighted by atomic mass is 16.4. The molecule has 1 amide bonds. The van der Waals surface area contributed by atoms with Crippen molar-refractivity contribution in [2.24, 2.45) is 5.73 Å². The summed E-state index contributed by atoms with van der Waals surface area (Å²) in [6.45, 7) is 0.801. The van der Waals surface area contributed by atoms with Gasteiger partial charge in [0.2, 0.25) is 5.91 Å². The Morgan fingerprint density at radius 3 is 2.73 bits per heavy atom. The van der Waals surface area contributed by atoms with Gasteiger partial charge < -0.3 is 20.8 Å². The molecule has 1 rings (SSSR count). The zero-order valence-corrected chi connectivity index (χ0v) is 8.43. The lowest BCUT2D eigenvalue weighted by molar-refractivity contribution is -0.143. The summed E-state index contributed by atoms with van der Waals surface area (Å²) >= 11 is 0. The van der Waals surface area contributed by atoms with Crippen LogP contribution in [0, 0.1) is 0 Å².